The van der Waals surface area contributed by atoms with Gasteiger partial charge in [-0.15, -0.1) is 0 Å². The maximum absolute atomic E-state index is 12.5. The standard InChI is InChI=1S/C17H18INO.C14H12INO/c1-3-12-8-7-9-13(4-2)16(12)19-17(20)14-10-5-6-11-15(14)18;1-10-6-8-11(9-7-10)16-14(17)12-4-2-3-5-13(12)15/h5-11H,3-4H2,1-2H3,(H,19,20);2-9H,1H3,(H,16,17). The lowest BCUT2D eigenvalue weighted by Crippen LogP contribution is -2.16. The van der Waals surface area contributed by atoms with Gasteiger partial charge in [0.25, 0.3) is 11.8 Å². The molecule has 190 valence electrons. The number of para-hydroxylation sites is 1. The predicted molar refractivity (Wildman–Crippen MR) is 171 cm³/mol. The molecule has 0 aliphatic heterocycles. The third-order valence-corrected chi connectivity index (χ3v) is 7.67. The maximum atomic E-state index is 12.5. The molecule has 4 nitrogen and oxygen atoms in total. The van der Waals surface area contributed by atoms with E-state index in [0.29, 0.717) is 5.56 Å². The summed E-state index contributed by atoms with van der Waals surface area (Å²) in [5, 5.41) is 5.98. The molecular weight excluding hydrogens is 686 g/mol. The van der Waals surface area contributed by atoms with Crippen LogP contribution in [0.1, 0.15) is 51.3 Å². The first-order valence-electron chi connectivity index (χ1n) is 12.1. The van der Waals surface area contributed by atoms with E-state index in [-0.39, 0.29) is 11.8 Å². The molecule has 0 spiro atoms. The third-order valence-electron chi connectivity index (χ3n) is 5.78. The number of anilines is 2. The molecule has 37 heavy (non-hydrogen) atoms. The Morgan fingerprint density at radius 2 is 1.08 bits per heavy atom. The van der Waals surface area contributed by atoms with Gasteiger partial charge in [-0.25, -0.2) is 0 Å². The minimum atomic E-state index is -0.0705. The Morgan fingerprint density at radius 1 is 0.622 bits per heavy atom. The van der Waals surface area contributed by atoms with Crippen LogP contribution in [0.3, 0.4) is 0 Å². The highest BCUT2D eigenvalue weighted by Crippen LogP contribution is 2.24. The summed E-state index contributed by atoms with van der Waals surface area (Å²) >= 11 is 4.36. The summed E-state index contributed by atoms with van der Waals surface area (Å²) in [6.45, 7) is 6.24. The van der Waals surface area contributed by atoms with Gasteiger partial charge in [0.05, 0.1) is 11.1 Å². The van der Waals surface area contributed by atoms with Gasteiger partial charge in [0.1, 0.15) is 0 Å². The highest BCUT2D eigenvalue weighted by molar-refractivity contribution is 14.1. The van der Waals surface area contributed by atoms with E-state index in [1.54, 1.807) is 0 Å². The van der Waals surface area contributed by atoms with Gasteiger partial charge in [-0.3, -0.25) is 9.59 Å². The van der Waals surface area contributed by atoms with Crippen molar-refractivity contribution < 1.29 is 9.59 Å². The molecule has 0 saturated heterocycles. The van der Waals surface area contributed by atoms with Gasteiger partial charge < -0.3 is 10.6 Å². The number of hydrogen-bond donors (Lipinski definition) is 2. The monoisotopic (exact) mass is 716 g/mol. The van der Waals surface area contributed by atoms with Gasteiger partial charge >= 0.3 is 0 Å². The van der Waals surface area contributed by atoms with Crippen molar-refractivity contribution in [2.24, 2.45) is 0 Å². The van der Waals surface area contributed by atoms with E-state index in [1.165, 1.54) is 16.7 Å². The van der Waals surface area contributed by atoms with Gasteiger partial charge in [0, 0.05) is 18.5 Å². The number of aryl methyl sites for hydroxylation is 3. The van der Waals surface area contributed by atoms with Crippen LogP contribution in [-0.4, -0.2) is 11.8 Å². The molecule has 0 heterocycles. The second-order valence-corrected chi connectivity index (χ2v) is 10.7. The van der Waals surface area contributed by atoms with E-state index >= 15 is 0 Å². The summed E-state index contributed by atoms with van der Waals surface area (Å²) < 4.78 is 1.92. The van der Waals surface area contributed by atoms with Crippen LogP contribution >= 0.6 is 45.2 Å². The SMILES string of the molecule is CCc1cccc(CC)c1NC(=O)c1ccccc1I.Cc1ccc(NC(=O)c2ccccc2I)cc1. The lowest BCUT2D eigenvalue weighted by atomic mass is 10.0. The summed E-state index contributed by atoms with van der Waals surface area (Å²) in [4.78, 5) is 24.5. The second-order valence-electron chi connectivity index (χ2n) is 8.39. The number of nitrogens with one attached hydrogen (secondary N) is 2. The molecule has 6 heteroatoms. The first kappa shape index (κ1) is 28.8. The summed E-state index contributed by atoms with van der Waals surface area (Å²) in [5.74, 6) is -0.107. The Hall–Kier alpha value is -2.72. The number of carbonyl (C=O) groups excluding carboxylic acids is 2. The fourth-order valence-corrected chi connectivity index (χ4v) is 4.97. The lowest BCUT2D eigenvalue weighted by Gasteiger charge is -2.15. The van der Waals surface area contributed by atoms with Crippen molar-refractivity contribution in [2.75, 3.05) is 10.6 Å². The highest BCUT2D eigenvalue weighted by atomic mass is 127. The molecule has 0 fully saturated rings. The van der Waals surface area contributed by atoms with Crippen LogP contribution < -0.4 is 10.6 Å². The van der Waals surface area contributed by atoms with Crippen molar-refractivity contribution in [3.05, 3.63) is 126 Å². The minimum absolute atomic E-state index is 0.0365. The molecule has 2 amide bonds. The van der Waals surface area contributed by atoms with E-state index in [1.807, 2.05) is 79.7 Å². The average Bonchev–Trinajstić information content (AvgIpc) is 2.91. The Balaban J connectivity index is 0.000000208. The van der Waals surface area contributed by atoms with E-state index < -0.39 is 0 Å². The van der Waals surface area contributed by atoms with Crippen molar-refractivity contribution >= 4 is 68.4 Å². The predicted octanol–water partition coefficient (Wildman–Crippen LogP) is 8.52. The fraction of sp³-hybridized carbons (Fsp3) is 0.161. The maximum Gasteiger partial charge on any atom is 0.256 e. The molecular formula is C31H30I2N2O2. The topological polar surface area (TPSA) is 58.2 Å². The Morgan fingerprint density at radius 3 is 1.54 bits per heavy atom. The number of amides is 2. The van der Waals surface area contributed by atoms with Crippen LogP contribution in [0.25, 0.3) is 0 Å². The first-order chi connectivity index (χ1) is 17.8. The third kappa shape index (κ3) is 8.13. The second kappa shape index (κ2) is 14.3. The highest BCUT2D eigenvalue weighted by Gasteiger charge is 2.13. The number of hydrogen-bond acceptors (Lipinski definition) is 2. The van der Waals surface area contributed by atoms with Gasteiger partial charge in [-0.05, 0) is 112 Å². The molecule has 0 unspecified atom stereocenters. The van der Waals surface area contributed by atoms with Crippen molar-refractivity contribution in [1.29, 1.82) is 0 Å². The zero-order valence-corrected chi connectivity index (χ0v) is 25.5. The molecule has 0 saturated carbocycles. The van der Waals surface area contributed by atoms with Crippen LogP contribution in [0.15, 0.2) is 91.0 Å². The molecule has 0 aromatic heterocycles. The Bertz CT molecular complexity index is 1350. The van der Waals surface area contributed by atoms with Crippen LogP contribution in [0.4, 0.5) is 11.4 Å². The number of benzene rings is 4. The molecule has 4 aromatic rings. The lowest BCUT2D eigenvalue weighted by molar-refractivity contribution is 0.101. The number of carbonyl (C=O) groups is 2. The van der Waals surface area contributed by atoms with Gasteiger partial charge in [-0.2, -0.15) is 0 Å². The van der Waals surface area contributed by atoms with Gasteiger partial charge in [-0.1, -0.05) is 74.0 Å². The average molecular weight is 716 g/mol. The van der Waals surface area contributed by atoms with E-state index in [2.05, 4.69) is 87.9 Å². The Labute approximate surface area is 246 Å². The van der Waals surface area contributed by atoms with Crippen LogP contribution in [-0.2, 0) is 12.8 Å². The van der Waals surface area contributed by atoms with Crippen molar-refractivity contribution in [3.63, 3.8) is 0 Å². The van der Waals surface area contributed by atoms with E-state index in [0.717, 1.165) is 36.9 Å². The fourth-order valence-electron chi connectivity index (χ4n) is 3.71. The molecule has 0 atom stereocenters. The van der Waals surface area contributed by atoms with Crippen molar-refractivity contribution in [3.8, 4) is 0 Å². The summed E-state index contributed by atoms with van der Waals surface area (Å²) in [7, 11) is 0. The molecule has 2 N–H and O–H groups in total. The van der Waals surface area contributed by atoms with Crippen LogP contribution in [0.5, 0.6) is 0 Å². The van der Waals surface area contributed by atoms with Gasteiger partial charge in [0.2, 0.25) is 0 Å². The van der Waals surface area contributed by atoms with Crippen molar-refractivity contribution in [2.45, 2.75) is 33.6 Å². The zero-order chi connectivity index (χ0) is 26.8. The van der Waals surface area contributed by atoms with Crippen LogP contribution in [0, 0.1) is 14.1 Å². The largest absolute Gasteiger partial charge is 0.322 e. The quantitative estimate of drug-likeness (QED) is 0.197. The summed E-state index contributed by atoms with van der Waals surface area (Å²) in [6.07, 6.45) is 1.82. The summed E-state index contributed by atoms with van der Waals surface area (Å²) in [6, 6.07) is 29.1. The van der Waals surface area contributed by atoms with Gasteiger partial charge in [0.15, 0.2) is 0 Å². The van der Waals surface area contributed by atoms with Crippen molar-refractivity contribution in [1.82, 2.24) is 0 Å². The molecule has 0 bridgehead atoms. The smallest absolute Gasteiger partial charge is 0.256 e. The minimum Gasteiger partial charge on any atom is -0.322 e. The first-order valence-corrected chi connectivity index (χ1v) is 14.3. The molecule has 4 rings (SSSR count). The van der Waals surface area contributed by atoms with E-state index in [4.69, 9.17) is 0 Å². The van der Waals surface area contributed by atoms with E-state index in [9.17, 15) is 9.59 Å². The molecule has 4 aromatic carbocycles. The molecule has 0 aliphatic rings. The molecule has 0 aliphatic carbocycles. The molecule has 0 radical (unpaired) electrons. The summed E-state index contributed by atoms with van der Waals surface area (Å²) in [5.41, 5.74) is 6.77. The number of halogens is 2. The zero-order valence-electron chi connectivity index (χ0n) is 21.1. The normalized spacial score (nSPS) is 10.2. The Kier molecular flexibility index (Phi) is 11.1. The van der Waals surface area contributed by atoms with Crippen LogP contribution in [0.2, 0.25) is 0 Å². The number of rotatable bonds is 6.